The molecular weight excluding hydrogens is 250 g/mol. The average molecular weight is 277 g/mol. The summed E-state index contributed by atoms with van der Waals surface area (Å²) in [7, 11) is 0. The third-order valence-corrected chi connectivity index (χ3v) is 4.34. The number of nitrogens with one attached hydrogen (secondary N) is 2. The molecule has 1 aliphatic carbocycles. The van der Waals surface area contributed by atoms with Gasteiger partial charge >= 0.3 is 0 Å². The van der Waals surface area contributed by atoms with E-state index in [1.54, 1.807) is 6.33 Å². The second kappa shape index (κ2) is 6.39. The van der Waals surface area contributed by atoms with Crippen LogP contribution in [0.3, 0.4) is 0 Å². The summed E-state index contributed by atoms with van der Waals surface area (Å²) >= 11 is 0. The fraction of sp³-hybridized carbons (Fsp3) is 0.733. The first kappa shape index (κ1) is 15.0. The van der Waals surface area contributed by atoms with E-state index in [1.165, 1.54) is 32.1 Å². The molecule has 112 valence electrons. The van der Waals surface area contributed by atoms with Gasteiger partial charge in [-0.2, -0.15) is 0 Å². The fourth-order valence-corrected chi connectivity index (χ4v) is 3.08. The first-order chi connectivity index (χ1) is 9.56. The molecule has 1 saturated carbocycles. The van der Waals surface area contributed by atoms with E-state index in [1.807, 2.05) is 0 Å². The topological polar surface area (TPSA) is 75.9 Å². The minimum atomic E-state index is 0.323. The maximum absolute atomic E-state index is 5.55. The van der Waals surface area contributed by atoms with Crippen molar-refractivity contribution in [3.8, 4) is 0 Å². The number of anilines is 2. The summed E-state index contributed by atoms with van der Waals surface area (Å²) in [5.74, 6) is 7.50. The van der Waals surface area contributed by atoms with Crippen LogP contribution in [0, 0.1) is 5.41 Å². The van der Waals surface area contributed by atoms with Crippen molar-refractivity contribution in [2.45, 2.75) is 58.8 Å². The van der Waals surface area contributed by atoms with Crippen LogP contribution in [0.25, 0.3) is 0 Å². The zero-order valence-electron chi connectivity index (χ0n) is 12.9. The Bertz CT molecular complexity index is 438. The largest absolute Gasteiger partial charge is 0.369 e. The van der Waals surface area contributed by atoms with Crippen molar-refractivity contribution >= 4 is 11.6 Å². The Kier molecular flexibility index (Phi) is 4.81. The number of nitrogens with two attached hydrogens (primary N) is 1. The van der Waals surface area contributed by atoms with E-state index < -0.39 is 0 Å². The zero-order valence-corrected chi connectivity index (χ0v) is 12.9. The molecule has 1 aromatic heterocycles. The number of rotatable bonds is 5. The molecule has 1 heterocycles. The highest BCUT2D eigenvalue weighted by atomic mass is 15.3. The lowest BCUT2D eigenvalue weighted by Crippen LogP contribution is -2.29. The Morgan fingerprint density at radius 3 is 2.45 bits per heavy atom. The maximum Gasteiger partial charge on any atom is 0.148 e. The first-order valence-corrected chi connectivity index (χ1v) is 7.61. The lowest BCUT2D eigenvalue weighted by atomic mass is 9.76. The van der Waals surface area contributed by atoms with Gasteiger partial charge in [0.1, 0.15) is 18.0 Å². The molecule has 0 radical (unpaired) electrons. The van der Waals surface area contributed by atoms with Crippen LogP contribution in [0.4, 0.5) is 11.6 Å². The molecule has 20 heavy (non-hydrogen) atoms. The molecule has 5 nitrogen and oxygen atoms in total. The van der Waals surface area contributed by atoms with E-state index in [9.17, 15) is 0 Å². The van der Waals surface area contributed by atoms with E-state index in [-0.39, 0.29) is 0 Å². The molecule has 5 heteroatoms. The molecule has 0 unspecified atom stereocenters. The number of hydrogen-bond donors (Lipinski definition) is 3. The number of hydrogen-bond acceptors (Lipinski definition) is 5. The van der Waals surface area contributed by atoms with Gasteiger partial charge in [0.25, 0.3) is 0 Å². The minimum Gasteiger partial charge on any atom is -0.369 e. The molecule has 0 spiro atoms. The summed E-state index contributed by atoms with van der Waals surface area (Å²) in [6.07, 6.45) is 8.21. The van der Waals surface area contributed by atoms with Crippen LogP contribution in [0.1, 0.15) is 64.4 Å². The van der Waals surface area contributed by atoms with E-state index >= 15 is 0 Å². The Morgan fingerprint density at radius 2 is 1.85 bits per heavy atom. The second-order valence-corrected chi connectivity index (χ2v) is 6.51. The molecule has 0 bridgehead atoms. The van der Waals surface area contributed by atoms with Gasteiger partial charge in [-0.1, -0.05) is 40.0 Å². The molecule has 1 fully saturated rings. The predicted molar refractivity (Wildman–Crippen MR) is 83.6 cm³/mol. The minimum absolute atomic E-state index is 0.323. The Labute approximate surface area is 121 Å². The van der Waals surface area contributed by atoms with Crippen LogP contribution < -0.4 is 16.6 Å². The first-order valence-electron chi connectivity index (χ1n) is 7.61. The van der Waals surface area contributed by atoms with Crippen molar-refractivity contribution in [2.75, 3.05) is 17.3 Å². The van der Waals surface area contributed by atoms with Gasteiger partial charge in [0, 0.05) is 12.1 Å². The molecular formula is C15H27N5. The van der Waals surface area contributed by atoms with Gasteiger partial charge in [0.2, 0.25) is 0 Å². The SMILES string of the molecule is CC(C)c1c(NN)ncnc1NCC1(C)CCCCC1. The van der Waals surface area contributed by atoms with E-state index in [0.29, 0.717) is 17.2 Å². The molecule has 4 N–H and O–H groups in total. The Hall–Kier alpha value is -1.36. The van der Waals surface area contributed by atoms with Crippen molar-refractivity contribution in [3.63, 3.8) is 0 Å². The van der Waals surface area contributed by atoms with Crippen molar-refractivity contribution in [1.82, 2.24) is 9.97 Å². The molecule has 0 aliphatic heterocycles. The van der Waals surface area contributed by atoms with Crippen LogP contribution in [-0.2, 0) is 0 Å². The van der Waals surface area contributed by atoms with Gasteiger partial charge in [-0.15, -0.1) is 0 Å². The summed E-state index contributed by atoms with van der Waals surface area (Å²) in [5, 5.41) is 3.53. The highest BCUT2D eigenvalue weighted by molar-refractivity contribution is 5.58. The van der Waals surface area contributed by atoms with E-state index in [4.69, 9.17) is 5.84 Å². The maximum atomic E-state index is 5.55. The van der Waals surface area contributed by atoms with Crippen molar-refractivity contribution in [3.05, 3.63) is 11.9 Å². The molecule has 0 aromatic carbocycles. The molecule has 1 aliphatic rings. The highest BCUT2D eigenvalue weighted by Gasteiger charge is 2.27. The third kappa shape index (κ3) is 3.39. The number of nitrogens with zero attached hydrogens (tertiary/aromatic N) is 2. The fourth-order valence-electron chi connectivity index (χ4n) is 3.08. The van der Waals surface area contributed by atoms with Gasteiger partial charge in [-0.25, -0.2) is 15.8 Å². The summed E-state index contributed by atoms with van der Waals surface area (Å²) in [6, 6.07) is 0. The van der Waals surface area contributed by atoms with Gasteiger partial charge in [-0.3, -0.25) is 0 Å². The van der Waals surface area contributed by atoms with Crippen LogP contribution in [-0.4, -0.2) is 16.5 Å². The number of nitrogen functional groups attached to an aromatic ring is 1. The van der Waals surface area contributed by atoms with Gasteiger partial charge in [0.05, 0.1) is 0 Å². The Morgan fingerprint density at radius 1 is 1.20 bits per heavy atom. The normalized spacial score (nSPS) is 18.1. The predicted octanol–water partition coefficient (Wildman–Crippen LogP) is 3.27. The summed E-state index contributed by atoms with van der Waals surface area (Å²) in [6.45, 7) is 7.60. The van der Waals surface area contributed by atoms with Gasteiger partial charge in [0.15, 0.2) is 0 Å². The average Bonchev–Trinajstić information content (AvgIpc) is 2.45. The van der Waals surface area contributed by atoms with Gasteiger partial charge < -0.3 is 10.7 Å². The van der Waals surface area contributed by atoms with E-state index in [2.05, 4.69) is 41.5 Å². The number of aromatic nitrogens is 2. The molecule has 0 amide bonds. The molecule has 0 atom stereocenters. The van der Waals surface area contributed by atoms with Crippen LogP contribution in [0.2, 0.25) is 0 Å². The van der Waals surface area contributed by atoms with E-state index in [0.717, 1.165) is 17.9 Å². The standard InChI is InChI=1S/C15H27N5/c1-11(2)12-13(18-10-19-14(12)20-16)17-9-15(3)7-5-4-6-8-15/h10-11H,4-9,16H2,1-3H3,(H2,17,18,19,20). The molecule has 2 rings (SSSR count). The lowest BCUT2D eigenvalue weighted by Gasteiger charge is -2.34. The summed E-state index contributed by atoms with van der Waals surface area (Å²) < 4.78 is 0. The lowest BCUT2D eigenvalue weighted by molar-refractivity contribution is 0.233. The zero-order chi connectivity index (χ0) is 14.6. The Balaban J connectivity index is 2.12. The van der Waals surface area contributed by atoms with Crippen molar-refractivity contribution in [2.24, 2.45) is 11.3 Å². The summed E-state index contributed by atoms with van der Waals surface area (Å²) in [4.78, 5) is 8.61. The third-order valence-electron chi connectivity index (χ3n) is 4.34. The van der Waals surface area contributed by atoms with Crippen molar-refractivity contribution < 1.29 is 0 Å². The second-order valence-electron chi connectivity index (χ2n) is 6.51. The van der Waals surface area contributed by atoms with Crippen LogP contribution >= 0.6 is 0 Å². The van der Waals surface area contributed by atoms with Gasteiger partial charge in [-0.05, 0) is 24.2 Å². The number of hydrazine groups is 1. The van der Waals surface area contributed by atoms with Crippen molar-refractivity contribution in [1.29, 1.82) is 0 Å². The molecule has 1 aromatic rings. The molecule has 0 saturated heterocycles. The quantitative estimate of drug-likeness (QED) is 0.569. The monoisotopic (exact) mass is 277 g/mol. The van der Waals surface area contributed by atoms with Crippen LogP contribution in [0.15, 0.2) is 6.33 Å². The highest BCUT2D eigenvalue weighted by Crippen LogP contribution is 2.36. The smallest absolute Gasteiger partial charge is 0.148 e. The summed E-state index contributed by atoms with van der Waals surface area (Å²) in [5.41, 5.74) is 4.12. The van der Waals surface area contributed by atoms with Crippen LogP contribution in [0.5, 0.6) is 0 Å².